The number of fused-ring (bicyclic) bond motifs is 3. The Labute approximate surface area is 101 Å². The molecule has 0 saturated carbocycles. The lowest BCUT2D eigenvalue weighted by molar-refractivity contribution is 0.104. The molecule has 3 rings (SSSR count). The Morgan fingerprint density at radius 1 is 0.882 bits per heavy atom. The fourth-order valence-corrected chi connectivity index (χ4v) is 2.52. The molecule has 0 bridgehead atoms. The minimum absolute atomic E-state index is 0.175. The third-order valence-corrected chi connectivity index (χ3v) is 3.33. The Balaban J connectivity index is 2.17. The second-order valence-corrected chi connectivity index (χ2v) is 4.50. The van der Waals surface area contributed by atoms with Crippen molar-refractivity contribution < 1.29 is 4.79 Å². The highest BCUT2D eigenvalue weighted by Crippen LogP contribution is 2.36. The summed E-state index contributed by atoms with van der Waals surface area (Å²) in [6, 6.07) is 14.1. The van der Waals surface area contributed by atoms with Crippen LogP contribution in [-0.2, 0) is 6.42 Å². The summed E-state index contributed by atoms with van der Waals surface area (Å²) in [7, 11) is 0. The van der Waals surface area contributed by atoms with Crippen LogP contribution in [0.2, 0.25) is 0 Å². The van der Waals surface area contributed by atoms with E-state index in [1.54, 1.807) is 0 Å². The highest BCUT2D eigenvalue weighted by atomic mass is 16.1. The maximum absolute atomic E-state index is 12.2. The van der Waals surface area contributed by atoms with Gasteiger partial charge in [-0.2, -0.15) is 0 Å². The van der Waals surface area contributed by atoms with Crippen LogP contribution < -0.4 is 0 Å². The van der Waals surface area contributed by atoms with E-state index in [9.17, 15) is 4.79 Å². The van der Waals surface area contributed by atoms with Crippen molar-refractivity contribution in [2.75, 3.05) is 0 Å². The van der Waals surface area contributed by atoms with Crippen LogP contribution in [0.3, 0.4) is 0 Å². The van der Waals surface area contributed by atoms with Crippen molar-refractivity contribution >= 4 is 5.78 Å². The molecular weight excluding hydrogens is 208 g/mol. The fraction of sp³-hybridized carbons (Fsp3) is 0.188. The van der Waals surface area contributed by atoms with Gasteiger partial charge in [0, 0.05) is 11.1 Å². The molecule has 1 aliphatic carbocycles. The molecule has 17 heavy (non-hydrogen) atoms. The lowest BCUT2D eigenvalue weighted by Crippen LogP contribution is -1.96. The molecule has 0 aromatic heterocycles. The molecule has 0 fully saturated rings. The summed E-state index contributed by atoms with van der Waals surface area (Å²) < 4.78 is 0. The summed E-state index contributed by atoms with van der Waals surface area (Å²) in [6.07, 6.45) is 2.15. The summed E-state index contributed by atoms with van der Waals surface area (Å²) in [4.78, 5) is 12.2. The van der Waals surface area contributed by atoms with E-state index in [0.29, 0.717) is 0 Å². The lowest BCUT2D eigenvalue weighted by Gasteiger charge is -2.02. The van der Waals surface area contributed by atoms with Crippen molar-refractivity contribution in [3.63, 3.8) is 0 Å². The van der Waals surface area contributed by atoms with E-state index < -0.39 is 0 Å². The Hall–Kier alpha value is -1.89. The Morgan fingerprint density at radius 3 is 2.35 bits per heavy atom. The van der Waals surface area contributed by atoms with E-state index in [4.69, 9.17) is 0 Å². The minimum atomic E-state index is 0.175. The molecule has 0 aliphatic heterocycles. The molecule has 0 amide bonds. The number of hydrogen-bond acceptors (Lipinski definition) is 1. The van der Waals surface area contributed by atoms with Crippen LogP contribution in [-0.4, -0.2) is 5.78 Å². The zero-order valence-corrected chi connectivity index (χ0v) is 9.86. The first kappa shape index (κ1) is 10.3. The molecule has 0 unspecified atom stereocenters. The van der Waals surface area contributed by atoms with E-state index in [1.165, 1.54) is 5.56 Å². The molecule has 84 valence electrons. The molecule has 0 saturated heterocycles. The van der Waals surface area contributed by atoms with Gasteiger partial charge in [-0.1, -0.05) is 49.7 Å². The second kappa shape index (κ2) is 3.85. The third-order valence-electron chi connectivity index (χ3n) is 3.33. The molecule has 0 atom stereocenters. The topological polar surface area (TPSA) is 17.1 Å². The third kappa shape index (κ3) is 1.50. The molecule has 0 spiro atoms. The monoisotopic (exact) mass is 222 g/mol. The van der Waals surface area contributed by atoms with Crippen molar-refractivity contribution in [2.24, 2.45) is 0 Å². The predicted octanol–water partition coefficient (Wildman–Crippen LogP) is 3.85. The average molecular weight is 222 g/mol. The van der Waals surface area contributed by atoms with Crippen molar-refractivity contribution in [3.8, 4) is 11.1 Å². The van der Waals surface area contributed by atoms with Crippen LogP contribution in [0.5, 0.6) is 0 Å². The normalized spacial score (nSPS) is 12.4. The van der Waals surface area contributed by atoms with Gasteiger partial charge in [-0.15, -0.1) is 0 Å². The van der Waals surface area contributed by atoms with Crippen LogP contribution in [0.25, 0.3) is 11.1 Å². The number of carbonyl (C=O) groups is 1. The smallest absolute Gasteiger partial charge is 0.194 e. The SMILES string of the molecule is CCCc1ccc2c(c1)C(=O)c1ccccc1-2. The van der Waals surface area contributed by atoms with E-state index >= 15 is 0 Å². The van der Waals surface area contributed by atoms with Gasteiger partial charge in [0.15, 0.2) is 5.78 Å². The van der Waals surface area contributed by atoms with Crippen LogP contribution in [0, 0.1) is 0 Å². The van der Waals surface area contributed by atoms with Gasteiger partial charge in [0.05, 0.1) is 0 Å². The molecule has 1 aliphatic rings. The molecule has 0 N–H and O–H groups in total. The van der Waals surface area contributed by atoms with Gasteiger partial charge >= 0.3 is 0 Å². The fourth-order valence-electron chi connectivity index (χ4n) is 2.52. The Bertz CT molecular complexity index is 596. The van der Waals surface area contributed by atoms with Crippen molar-refractivity contribution in [1.82, 2.24) is 0 Å². The molecular formula is C16H14O. The molecule has 0 radical (unpaired) electrons. The van der Waals surface area contributed by atoms with Gasteiger partial charge in [-0.25, -0.2) is 0 Å². The maximum Gasteiger partial charge on any atom is 0.194 e. The first-order valence-electron chi connectivity index (χ1n) is 6.08. The van der Waals surface area contributed by atoms with Crippen molar-refractivity contribution in [1.29, 1.82) is 0 Å². The van der Waals surface area contributed by atoms with E-state index in [1.807, 2.05) is 24.3 Å². The van der Waals surface area contributed by atoms with Crippen LogP contribution in [0.1, 0.15) is 34.8 Å². The van der Waals surface area contributed by atoms with Crippen molar-refractivity contribution in [3.05, 3.63) is 59.2 Å². The number of carbonyl (C=O) groups excluding carboxylic acids is 1. The molecule has 1 nitrogen and oxygen atoms in total. The number of hydrogen-bond donors (Lipinski definition) is 0. The van der Waals surface area contributed by atoms with E-state index in [0.717, 1.165) is 35.1 Å². The van der Waals surface area contributed by atoms with E-state index in [2.05, 4.69) is 25.1 Å². The largest absolute Gasteiger partial charge is 0.289 e. The zero-order chi connectivity index (χ0) is 11.8. The number of rotatable bonds is 2. The zero-order valence-electron chi connectivity index (χ0n) is 9.86. The number of aryl methyl sites for hydroxylation is 1. The highest BCUT2D eigenvalue weighted by molar-refractivity contribution is 6.21. The van der Waals surface area contributed by atoms with Gasteiger partial charge in [0.2, 0.25) is 0 Å². The number of ketones is 1. The summed E-state index contributed by atoms with van der Waals surface area (Å²) in [5.41, 5.74) is 5.14. The first-order chi connectivity index (χ1) is 8.31. The van der Waals surface area contributed by atoms with Gasteiger partial charge < -0.3 is 0 Å². The first-order valence-corrected chi connectivity index (χ1v) is 6.08. The molecule has 1 heteroatoms. The van der Waals surface area contributed by atoms with Gasteiger partial charge in [0.1, 0.15) is 0 Å². The summed E-state index contributed by atoms with van der Waals surface area (Å²) >= 11 is 0. The summed E-state index contributed by atoms with van der Waals surface area (Å²) in [6.45, 7) is 2.16. The minimum Gasteiger partial charge on any atom is -0.289 e. The quantitative estimate of drug-likeness (QED) is 0.643. The molecule has 0 heterocycles. The lowest BCUT2D eigenvalue weighted by atomic mass is 10.0. The standard InChI is InChI=1S/C16H14O/c1-2-5-11-8-9-13-12-6-3-4-7-14(12)16(17)15(13)10-11/h3-4,6-10H,2,5H2,1H3. The number of benzene rings is 2. The van der Waals surface area contributed by atoms with Crippen LogP contribution >= 0.6 is 0 Å². The van der Waals surface area contributed by atoms with E-state index in [-0.39, 0.29) is 5.78 Å². The average Bonchev–Trinajstić information content (AvgIpc) is 2.65. The second-order valence-electron chi connectivity index (χ2n) is 4.50. The van der Waals surface area contributed by atoms with Gasteiger partial charge in [-0.05, 0) is 29.2 Å². The molecule has 2 aromatic carbocycles. The van der Waals surface area contributed by atoms with Crippen molar-refractivity contribution in [2.45, 2.75) is 19.8 Å². The van der Waals surface area contributed by atoms with Crippen LogP contribution in [0.4, 0.5) is 0 Å². The predicted molar refractivity (Wildman–Crippen MR) is 69.3 cm³/mol. The maximum atomic E-state index is 12.2. The summed E-state index contributed by atoms with van der Waals surface area (Å²) in [5.74, 6) is 0.175. The summed E-state index contributed by atoms with van der Waals surface area (Å²) in [5, 5.41) is 0. The van der Waals surface area contributed by atoms with Gasteiger partial charge in [-0.3, -0.25) is 4.79 Å². The highest BCUT2D eigenvalue weighted by Gasteiger charge is 2.25. The Morgan fingerprint density at radius 2 is 1.59 bits per heavy atom. The van der Waals surface area contributed by atoms with Gasteiger partial charge in [0.25, 0.3) is 0 Å². The Kier molecular flexibility index (Phi) is 2.32. The molecule has 2 aromatic rings. The van der Waals surface area contributed by atoms with Crippen LogP contribution in [0.15, 0.2) is 42.5 Å².